The van der Waals surface area contributed by atoms with Crippen LogP contribution in [0.25, 0.3) is 11.2 Å². The molecule has 0 aliphatic rings. The van der Waals surface area contributed by atoms with E-state index in [9.17, 15) is 14.4 Å². The van der Waals surface area contributed by atoms with Crippen molar-refractivity contribution in [1.29, 1.82) is 0 Å². The maximum atomic E-state index is 12.7. The molecule has 34 heavy (non-hydrogen) atoms. The number of amides is 1. The van der Waals surface area contributed by atoms with Gasteiger partial charge in [0.1, 0.15) is 0 Å². The largest absolute Gasteiger partial charge is 0.356 e. The van der Waals surface area contributed by atoms with E-state index in [0.717, 1.165) is 57.8 Å². The lowest BCUT2D eigenvalue weighted by atomic mass is 10.1. The summed E-state index contributed by atoms with van der Waals surface area (Å²) in [4.78, 5) is 41.3. The van der Waals surface area contributed by atoms with Gasteiger partial charge < -0.3 is 9.88 Å². The van der Waals surface area contributed by atoms with Crippen LogP contribution in [0.3, 0.4) is 0 Å². The smallest absolute Gasteiger partial charge is 0.332 e. The Morgan fingerprint density at radius 1 is 0.912 bits per heavy atom. The van der Waals surface area contributed by atoms with E-state index < -0.39 is 0 Å². The molecule has 0 bridgehead atoms. The Kier molecular flexibility index (Phi) is 9.67. The number of imidazole rings is 1. The molecule has 0 radical (unpaired) electrons. The minimum atomic E-state index is -0.305. The summed E-state index contributed by atoms with van der Waals surface area (Å²) in [6.45, 7) is 1.13. The van der Waals surface area contributed by atoms with E-state index in [0.29, 0.717) is 30.7 Å². The summed E-state index contributed by atoms with van der Waals surface area (Å²) >= 11 is 0. The van der Waals surface area contributed by atoms with E-state index in [-0.39, 0.29) is 17.2 Å². The summed E-state index contributed by atoms with van der Waals surface area (Å²) in [6, 6.07) is 10.2. The average Bonchev–Trinajstić information content (AvgIpc) is 3.23. The highest BCUT2D eigenvalue weighted by molar-refractivity contribution is 5.75. The fourth-order valence-corrected chi connectivity index (χ4v) is 4.29. The number of carbonyl (C=O) groups is 1. The zero-order valence-corrected chi connectivity index (χ0v) is 20.5. The lowest BCUT2D eigenvalue weighted by molar-refractivity contribution is -0.121. The number of nitrogens with zero attached hydrogens (tertiary/aromatic N) is 4. The van der Waals surface area contributed by atoms with Gasteiger partial charge in [-0.05, 0) is 24.8 Å². The third-order valence-corrected chi connectivity index (χ3v) is 6.32. The number of rotatable bonds is 14. The summed E-state index contributed by atoms with van der Waals surface area (Å²) in [5, 5.41) is 3.00. The first-order valence-corrected chi connectivity index (χ1v) is 12.4. The monoisotopic (exact) mass is 467 g/mol. The number of fused-ring (bicyclic) bond motifs is 1. The molecule has 0 aliphatic carbocycles. The van der Waals surface area contributed by atoms with Gasteiger partial charge in [-0.3, -0.25) is 18.7 Å². The Labute approximate surface area is 200 Å². The van der Waals surface area contributed by atoms with E-state index in [1.807, 2.05) is 18.2 Å². The molecule has 0 spiro atoms. The first-order valence-electron chi connectivity index (χ1n) is 12.4. The molecule has 0 fully saturated rings. The molecule has 1 aromatic carbocycles. The second kappa shape index (κ2) is 12.9. The Morgan fingerprint density at radius 2 is 1.56 bits per heavy atom. The molecule has 8 nitrogen and oxygen atoms in total. The van der Waals surface area contributed by atoms with Crippen molar-refractivity contribution in [3.63, 3.8) is 0 Å². The fraction of sp³-hybridized carbons (Fsp3) is 0.538. The van der Waals surface area contributed by atoms with Crippen molar-refractivity contribution >= 4 is 17.1 Å². The quantitative estimate of drug-likeness (QED) is 0.368. The van der Waals surface area contributed by atoms with Gasteiger partial charge in [0.15, 0.2) is 11.2 Å². The first-order chi connectivity index (χ1) is 16.5. The molecule has 1 amide bonds. The highest BCUT2D eigenvalue weighted by Crippen LogP contribution is 2.10. The van der Waals surface area contributed by atoms with Gasteiger partial charge in [0, 0.05) is 33.6 Å². The van der Waals surface area contributed by atoms with Crippen molar-refractivity contribution in [3.05, 3.63) is 63.1 Å². The van der Waals surface area contributed by atoms with Gasteiger partial charge in [-0.1, -0.05) is 68.9 Å². The summed E-state index contributed by atoms with van der Waals surface area (Å²) in [7, 11) is 3.42. The Hall–Kier alpha value is -3.16. The van der Waals surface area contributed by atoms with Crippen LogP contribution in [-0.2, 0) is 31.9 Å². The summed E-state index contributed by atoms with van der Waals surface area (Å²) in [5.41, 5.74) is 1.57. The van der Waals surface area contributed by atoms with Crippen LogP contribution >= 0.6 is 0 Å². The van der Waals surface area contributed by atoms with Gasteiger partial charge in [0.25, 0.3) is 5.56 Å². The van der Waals surface area contributed by atoms with E-state index in [4.69, 9.17) is 0 Å². The third-order valence-electron chi connectivity index (χ3n) is 6.32. The van der Waals surface area contributed by atoms with Crippen molar-refractivity contribution in [2.75, 3.05) is 6.54 Å². The van der Waals surface area contributed by atoms with Gasteiger partial charge in [0.05, 0.1) is 6.33 Å². The number of carbonyl (C=O) groups excluding carboxylic acids is 1. The molecule has 0 atom stereocenters. The Morgan fingerprint density at radius 3 is 2.26 bits per heavy atom. The van der Waals surface area contributed by atoms with Crippen LogP contribution in [0.5, 0.6) is 0 Å². The number of nitrogens with one attached hydrogen (secondary N) is 1. The van der Waals surface area contributed by atoms with Crippen molar-refractivity contribution < 1.29 is 4.79 Å². The van der Waals surface area contributed by atoms with Crippen LogP contribution in [0.15, 0.2) is 46.2 Å². The minimum Gasteiger partial charge on any atom is -0.356 e. The Balaban J connectivity index is 1.23. The average molecular weight is 468 g/mol. The highest BCUT2D eigenvalue weighted by atomic mass is 16.2. The SMILES string of the molecule is Cn1cnc2c1c(=O)n(CCCCCCCCCCC(=O)NCCc1ccccc1)c(=O)n2C. The molecule has 0 saturated heterocycles. The van der Waals surface area contributed by atoms with Gasteiger partial charge in [-0.25, -0.2) is 9.78 Å². The van der Waals surface area contributed by atoms with Crippen LogP contribution in [0, 0.1) is 0 Å². The molecular weight excluding hydrogens is 430 g/mol. The summed E-state index contributed by atoms with van der Waals surface area (Å²) < 4.78 is 4.44. The molecule has 3 rings (SSSR count). The van der Waals surface area contributed by atoms with Crippen LogP contribution in [-0.4, -0.2) is 31.1 Å². The molecule has 2 aromatic heterocycles. The molecule has 8 heteroatoms. The Bertz CT molecular complexity index is 1180. The van der Waals surface area contributed by atoms with Crippen LogP contribution < -0.4 is 16.6 Å². The van der Waals surface area contributed by atoms with Crippen LogP contribution in [0.4, 0.5) is 0 Å². The predicted octanol–water partition coefficient (Wildman–Crippen LogP) is 3.30. The van der Waals surface area contributed by atoms with Crippen LogP contribution in [0.1, 0.15) is 63.4 Å². The number of aromatic nitrogens is 4. The van der Waals surface area contributed by atoms with Gasteiger partial charge in [-0.15, -0.1) is 0 Å². The second-order valence-corrected chi connectivity index (χ2v) is 8.99. The van der Waals surface area contributed by atoms with Crippen molar-refractivity contribution in [2.24, 2.45) is 14.1 Å². The van der Waals surface area contributed by atoms with E-state index in [1.165, 1.54) is 14.7 Å². The summed E-state index contributed by atoms with van der Waals surface area (Å²) in [6.07, 6.45) is 11.3. The van der Waals surface area contributed by atoms with E-state index in [2.05, 4.69) is 22.4 Å². The fourth-order valence-electron chi connectivity index (χ4n) is 4.29. The van der Waals surface area contributed by atoms with Crippen LogP contribution in [0.2, 0.25) is 0 Å². The number of hydrogen-bond donors (Lipinski definition) is 1. The molecule has 0 unspecified atom stereocenters. The normalized spacial score (nSPS) is 11.2. The van der Waals surface area contributed by atoms with Gasteiger partial charge >= 0.3 is 5.69 Å². The molecule has 184 valence electrons. The van der Waals surface area contributed by atoms with Gasteiger partial charge in [0.2, 0.25) is 5.91 Å². The van der Waals surface area contributed by atoms with E-state index >= 15 is 0 Å². The lowest BCUT2D eigenvalue weighted by Crippen LogP contribution is -2.39. The highest BCUT2D eigenvalue weighted by Gasteiger charge is 2.14. The topological polar surface area (TPSA) is 90.9 Å². The third kappa shape index (κ3) is 6.92. The minimum absolute atomic E-state index is 0.140. The van der Waals surface area contributed by atoms with Crippen molar-refractivity contribution in [2.45, 2.75) is 70.8 Å². The number of benzene rings is 1. The first kappa shape index (κ1) is 25.5. The zero-order valence-electron chi connectivity index (χ0n) is 20.5. The molecule has 0 aliphatic heterocycles. The predicted molar refractivity (Wildman–Crippen MR) is 135 cm³/mol. The van der Waals surface area contributed by atoms with E-state index in [1.54, 1.807) is 25.0 Å². The molecular formula is C26H37N5O3. The maximum absolute atomic E-state index is 12.7. The van der Waals surface area contributed by atoms with Crippen molar-refractivity contribution in [1.82, 2.24) is 24.0 Å². The molecule has 2 heterocycles. The molecule has 3 aromatic rings. The molecule has 1 N–H and O–H groups in total. The van der Waals surface area contributed by atoms with Gasteiger partial charge in [-0.2, -0.15) is 0 Å². The van der Waals surface area contributed by atoms with Crippen molar-refractivity contribution in [3.8, 4) is 0 Å². The number of aryl methyl sites for hydroxylation is 2. The maximum Gasteiger partial charge on any atom is 0.332 e. The standard InChI is InChI=1S/C26H37N5O3/c1-29-20-28-24-23(29)25(33)31(26(34)30(24)2)19-13-8-6-4-3-5-7-12-16-22(32)27-18-17-21-14-10-9-11-15-21/h9-11,14-15,20H,3-8,12-13,16-19H2,1-2H3,(H,27,32). The lowest BCUT2D eigenvalue weighted by Gasteiger charge is -2.08. The summed E-state index contributed by atoms with van der Waals surface area (Å²) in [5.74, 6) is 0.140. The molecule has 0 saturated carbocycles. The second-order valence-electron chi connectivity index (χ2n) is 8.99. The number of unbranched alkanes of at least 4 members (excludes halogenated alkanes) is 7. The zero-order chi connectivity index (χ0) is 24.3. The number of hydrogen-bond acceptors (Lipinski definition) is 4.